The van der Waals surface area contributed by atoms with Crippen LogP contribution in [0, 0.1) is 17.6 Å². The number of nitrogens with zero attached hydrogens (tertiary/aromatic N) is 6. The van der Waals surface area contributed by atoms with Crippen LogP contribution in [-0.4, -0.2) is 87.2 Å². The number of carbonyl (C=O) groups excluding carboxylic acids is 1. The average Bonchev–Trinajstić information content (AvgIpc) is 3.87. The van der Waals surface area contributed by atoms with Crippen molar-refractivity contribution in [2.45, 2.75) is 101 Å². The van der Waals surface area contributed by atoms with Crippen LogP contribution in [0.2, 0.25) is 5.02 Å². The van der Waals surface area contributed by atoms with E-state index in [-0.39, 0.29) is 61.2 Å². The Labute approximate surface area is 421 Å². The zero-order valence-electron chi connectivity index (χ0n) is 39.6. The number of aliphatic hydroxyl groups is 1. The molecule has 3 aromatic heterocycles. The fourth-order valence-electron chi connectivity index (χ4n) is 8.73. The normalized spacial score (nSPS) is 16.1. The summed E-state index contributed by atoms with van der Waals surface area (Å²) in [6, 6.07) is 10.5. The Kier molecular flexibility index (Phi) is 15.1. The summed E-state index contributed by atoms with van der Waals surface area (Å²) < 4.78 is 199. The highest BCUT2D eigenvalue weighted by Gasteiger charge is 2.54. The molecule has 27 heteroatoms. The molecule has 0 aliphatic heterocycles. The SMILES string of the molecule is C[C@@H]1Cc2c(C(F)(F)F)nn(CC(O)N[C@@H](Cc3cc(F)cc(F)c3)c3nc(CCC(C)(C)S(C)(=O)=O)ccc3-c3ccc(Cl)c4c(N(C(=O)Cc5ccc(O)cc5)S(C)(=O)=O)nn(CC(F)(F)F)c34)c2C1(F)F. The maximum Gasteiger partial charge on any atom is 0.435 e. The van der Waals surface area contributed by atoms with Gasteiger partial charge in [0.2, 0.25) is 15.9 Å². The molecule has 6 aromatic rings. The molecule has 0 saturated carbocycles. The summed E-state index contributed by atoms with van der Waals surface area (Å²) in [5.41, 5.74) is -4.83. The molecule has 3 heterocycles. The molecule has 1 aliphatic carbocycles. The molecule has 7 rings (SSSR count). The second-order valence-corrected chi connectivity index (χ2v) is 23.6. The number of aromatic nitrogens is 5. The lowest BCUT2D eigenvalue weighted by Gasteiger charge is -2.27. The van der Waals surface area contributed by atoms with E-state index >= 15 is 8.78 Å². The van der Waals surface area contributed by atoms with Gasteiger partial charge >= 0.3 is 12.4 Å². The minimum Gasteiger partial charge on any atom is -0.508 e. The van der Waals surface area contributed by atoms with Crippen molar-refractivity contribution in [3.63, 3.8) is 0 Å². The van der Waals surface area contributed by atoms with Crippen LogP contribution in [0.15, 0.2) is 66.7 Å². The predicted molar refractivity (Wildman–Crippen MR) is 251 cm³/mol. The van der Waals surface area contributed by atoms with Crippen molar-refractivity contribution in [3.05, 3.63) is 123 Å². The molecule has 400 valence electrons. The van der Waals surface area contributed by atoms with Crippen molar-refractivity contribution in [2.24, 2.45) is 5.92 Å². The second kappa shape index (κ2) is 20.0. The van der Waals surface area contributed by atoms with Crippen molar-refractivity contribution in [1.82, 2.24) is 29.9 Å². The summed E-state index contributed by atoms with van der Waals surface area (Å²) in [4.78, 5) is 18.7. The number of benzene rings is 3. The highest BCUT2D eigenvalue weighted by atomic mass is 35.5. The number of aliphatic hydroxyl groups excluding tert-OH is 1. The van der Waals surface area contributed by atoms with E-state index in [1.807, 2.05) is 0 Å². The van der Waals surface area contributed by atoms with Crippen molar-refractivity contribution in [2.75, 3.05) is 16.8 Å². The van der Waals surface area contributed by atoms with Crippen molar-refractivity contribution in [1.29, 1.82) is 0 Å². The summed E-state index contributed by atoms with van der Waals surface area (Å²) in [6.45, 7) is 0.824. The fraction of sp³-hybridized carbons (Fsp3) is 0.404. The Morgan fingerprint density at radius 3 is 2.11 bits per heavy atom. The van der Waals surface area contributed by atoms with Gasteiger partial charge in [0.15, 0.2) is 21.3 Å². The number of phenols is 1. The molecule has 3 N–H and O–H groups in total. The van der Waals surface area contributed by atoms with Gasteiger partial charge < -0.3 is 10.2 Å². The quantitative estimate of drug-likeness (QED) is 0.0584. The largest absolute Gasteiger partial charge is 0.508 e. The summed E-state index contributed by atoms with van der Waals surface area (Å²) >= 11 is 6.70. The number of amides is 1. The smallest absolute Gasteiger partial charge is 0.435 e. The van der Waals surface area contributed by atoms with Gasteiger partial charge in [0, 0.05) is 40.6 Å². The number of pyridine rings is 1. The highest BCUT2D eigenvalue weighted by Crippen LogP contribution is 2.50. The number of carbonyl (C=O) groups is 1. The number of rotatable bonds is 17. The topological polar surface area (TPSA) is 190 Å². The first-order valence-electron chi connectivity index (χ1n) is 22.3. The third-order valence-corrected chi connectivity index (χ3v) is 16.2. The van der Waals surface area contributed by atoms with E-state index in [1.54, 1.807) is 0 Å². The highest BCUT2D eigenvalue weighted by molar-refractivity contribution is 7.93. The van der Waals surface area contributed by atoms with Gasteiger partial charge in [-0.1, -0.05) is 42.8 Å². The molecule has 1 aliphatic rings. The molecule has 0 spiro atoms. The number of sulfonamides is 1. The molecule has 74 heavy (non-hydrogen) atoms. The average molecular weight is 1110 g/mol. The molecule has 1 unspecified atom stereocenters. The number of anilines is 1. The zero-order valence-corrected chi connectivity index (χ0v) is 42.0. The van der Waals surface area contributed by atoms with E-state index in [2.05, 4.69) is 15.5 Å². The third kappa shape index (κ3) is 11.8. The van der Waals surface area contributed by atoms with Gasteiger partial charge in [0.25, 0.3) is 5.92 Å². The van der Waals surface area contributed by atoms with Crippen molar-refractivity contribution >= 4 is 54.1 Å². The zero-order chi connectivity index (χ0) is 54.8. The number of nitrogens with one attached hydrogen (secondary N) is 1. The van der Waals surface area contributed by atoms with E-state index < -0.39 is 150 Å². The van der Waals surface area contributed by atoms with E-state index in [0.717, 1.165) is 31.4 Å². The Balaban J connectivity index is 1.47. The lowest BCUT2D eigenvalue weighted by Crippen LogP contribution is -2.39. The first-order chi connectivity index (χ1) is 34.1. The molecule has 0 radical (unpaired) electrons. The number of hydrogen-bond acceptors (Lipinski definition) is 11. The Morgan fingerprint density at radius 2 is 1.53 bits per heavy atom. The summed E-state index contributed by atoms with van der Waals surface area (Å²) in [5, 5.41) is 30.6. The van der Waals surface area contributed by atoms with Gasteiger partial charge in [-0.05, 0) is 87.1 Å². The van der Waals surface area contributed by atoms with Gasteiger partial charge in [-0.15, -0.1) is 0 Å². The lowest BCUT2D eigenvalue weighted by molar-refractivity contribution is -0.143. The number of phenolic OH excluding ortho intramolecular Hbond substituents is 1. The van der Waals surface area contributed by atoms with Crippen LogP contribution in [0.4, 0.5) is 49.7 Å². The number of fused-ring (bicyclic) bond motifs is 2. The number of aromatic hydroxyl groups is 1. The molecular weight excluding hydrogens is 1060 g/mol. The van der Waals surface area contributed by atoms with Gasteiger partial charge in [-0.2, -0.15) is 49.6 Å². The first kappa shape index (κ1) is 55.9. The van der Waals surface area contributed by atoms with E-state index in [1.165, 1.54) is 56.3 Å². The molecule has 1 amide bonds. The summed E-state index contributed by atoms with van der Waals surface area (Å²) in [5.74, 6) is -10.0. The molecule has 0 bridgehead atoms. The Bertz CT molecular complexity index is 3350. The standard InChI is InChI=1S/C47H46ClF10N7O7S2/c1-24-16-33-41(47(56,57)58)61-63(42(33)46(24,54)55)22-36(67)60-35(19-26-17-27(49)21-28(50)18-26)39-31(11-8-29(59-39)14-15-44(2,3)73(4,69)70)32-12-13-34(48)38-40(32)64(23-45(51,52)53)62-43(38)65(74(5,71)72)37(68)20-25-6-9-30(66)10-7-25/h6-13,17-18,21,24,35-36,60,66-67H,14-16,19-20,22-23H2,1-5H3/t24-,35+,36?/m1/s1. The number of aryl methyl sites for hydroxylation is 1. The van der Waals surface area contributed by atoms with E-state index in [4.69, 9.17) is 16.6 Å². The Morgan fingerprint density at radius 1 is 0.905 bits per heavy atom. The van der Waals surface area contributed by atoms with Crippen LogP contribution >= 0.6 is 11.6 Å². The van der Waals surface area contributed by atoms with Gasteiger partial charge in [-0.25, -0.2) is 25.6 Å². The van der Waals surface area contributed by atoms with Crippen LogP contribution in [-0.2, 0) is 75.5 Å². The lowest BCUT2D eigenvalue weighted by atomic mass is 9.93. The van der Waals surface area contributed by atoms with Crippen LogP contribution in [0.25, 0.3) is 22.0 Å². The maximum absolute atomic E-state index is 15.6. The van der Waals surface area contributed by atoms with Crippen LogP contribution in [0.3, 0.4) is 0 Å². The molecule has 0 fully saturated rings. The van der Waals surface area contributed by atoms with Crippen LogP contribution < -0.4 is 9.62 Å². The minimum absolute atomic E-state index is 0.0818. The third-order valence-electron chi connectivity index (χ3n) is 12.7. The molecule has 3 atom stereocenters. The predicted octanol–water partition coefficient (Wildman–Crippen LogP) is 8.98. The maximum atomic E-state index is 15.6. The molecular formula is C47H46ClF10N7O7S2. The summed E-state index contributed by atoms with van der Waals surface area (Å²) in [7, 11) is -8.50. The van der Waals surface area contributed by atoms with E-state index in [0.29, 0.717) is 17.0 Å². The van der Waals surface area contributed by atoms with Gasteiger partial charge in [-0.3, -0.25) is 24.5 Å². The van der Waals surface area contributed by atoms with E-state index in [9.17, 15) is 67.0 Å². The number of sulfone groups is 1. The number of hydrogen-bond donors (Lipinski definition) is 3. The molecule has 14 nitrogen and oxygen atoms in total. The molecule has 3 aromatic carbocycles. The minimum atomic E-state index is -5.20. The van der Waals surface area contributed by atoms with Gasteiger partial charge in [0.1, 0.15) is 35.9 Å². The van der Waals surface area contributed by atoms with Gasteiger partial charge in [0.05, 0.1) is 51.6 Å². The molecule has 0 saturated heterocycles. The fourth-order valence-corrected chi connectivity index (χ4v) is 10.3. The Hall–Kier alpha value is -5.83. The first-order valence-corrected chi connectivity index (χ1v) is 26.4. The van der Waals surface area contributed by atoms with Crippen molar-refractivity contribution in [3.8, 4) is 16.9 Å². The second-order valence-electron chi connectivity index (χ2n) is 18.7. The summed E-state index contributed by atoms with van der Waals surface area (Å²) in [6.07, 6.45) is -13.2. The van der Waals surface area contributed by atoms with Crippen molar-refractivity contribution < 1.29 is 75.7 Å². The number of alkyl halides is 8. The van der Waals surface area contributed by atoms with Crippen LogP contribution in [0.1, 0.15) is 72.7 Å². The van der Waals surface area contributed by atoms with Crippen LogP contribution in [0.5, 0.6) is 5.75 Å². The monoisotopic (exact) mass is 1110 g/mol. The number of halogens is 11.